The first-order valence-electron chi connectivity index (χ1n) is 11.5. The van der Waals surface area contributed by atoms with E-state index in [4.69, 9.17) is 27.9 Å². The Morgan fingerprint density at radius 1 is 0.972 bits per heavy atom. The lowest BCUT2D eigenvalue weighted by molar-refractivity contribution is -0.126. The lowest BCUT2D eigenvalue weighted by Crippen LogP contribution is -2.34. The Hall–Kier alpha value is -3.55. The van der Waals surface area contributed by atoms with E-state index in [1.54, 1.807) is 47.4 Å². The van der Waals surface area contributed by atoms with Crippen LogP contribution in [0, 0.1) is 5.92 Å². The second-order valence-corrected chi connectivity index (χ2v) is 9.15. The summed E-state index contributed by atoms with van der Waals surface area (Å²) in [6.45, 7) is 0.617. The number of nitrogens with one attached hydrogen (secondary N) is 2. The standard InChI is InChI=1S/C27H25Cl2N3O4/c28-22-7-4-8-23(26(22)29)31-24(33)17-36-21-11-9-20(10-12-21)32-16-19(15-25(32)34)27(35)30-14-13-18-5-2-1-3-6-18/h1-12,19H,13-17H2,(H,30,35)(H,31,33)/t19-/m1/s1. The number of hydrogen-bond acceptors (Lipinski definition) is 4. The lowest BCUT2D eigenvalue weighted by Gasteiger charge is -2.17. The Bertz CT molecular complexity index is 1240. The Balaban J connectivity index is 1.25. The van der Waals surface area contributed by atoms with Crippen LogP contribution < -0.4 is 20.3 Å². The van der Waals surface area contributed by atoms with Gasteiger partial charge >= 0.3 is 0 Å². The number of ether oxygens (including phenoxy) is 1. The van der Waals surface area contributed by atoms with Crippen molar-refractivity contribution in [2.45, 2.75) is 12.8 Å². The van der Waals surface area contributed by atoms with Gasteiger partial charge in [-0.2, -0.15) is 0 Å². The molecule has 9 heteroatoms. The van der Waals surface area contributed by atoms with Gasteiger partial charge < -0.3 is 20.3 Å². The van der Waals surface area contributed by atoms with Crippen molar-refractivity contribution < 1.29 is 19.1 Å². The van der Waals surface area contributed by atoms with Crippen LogP contribution in [0.15, 0.2) is 72.8 Å². The highest BCUT2D eigenvalue weighted by atomic mass is 35.5. The topological polar surface area (TPSA) is 87.7 Å². The van der Waals surface area contributed by atoms with Crippen molar-refractivity contribution >= 4 is 52.3 Å². The summed E-state index contributed by atoms with van der Waals surface area (Å²) in [6, 6.07) is 21.7. The molecule has 0 bridgehead atoms. The Morgan fingerprint density at radius 3 is 2.47 bits per heavy atom. The van der Waals surface area contributed by atoms with Crippen LogP contribution in [0.3, 0.4) is 0 Å². The van der Waals surface area contributed by atoms with Gasteiger partial charge in [-0.05, 0) is 48.4 Å². The van der Waals surface area contributed by atoms with E-state index in [1.807, 2.05) is 30.3 Å². The number of nitrogens with zero attached hydrogens (tertiary/aromatic N) is 1. The van der Waals surface area contributed by atoms with E-state index in [2.05, 4.69) is 10.6 Å². The third kappa shape index (κ3) is 6.56. The molecule has 4 rings (SSSR count). The van der Waals surface area contributed by atoms with Gasteiger partial charge in [-0.3, -0.25) is 14.4 Å². The molecule has 3 aromatic carbocycles. The molecule has 1 aliphatic heterocycles. The fourth-order valence-electron chi connectivity index (χ4n) is 3.91. The average molecular weight is 526 g/mol. The van der Waals surface area contributed by atoms with Gasteiger partial charge in [0.25, 0.3) is 5.91 Å². The molecule has 0 unspecified atom stereocenters. The molecule has 1 fully saturated rings. The van der Waals surface area contributed by atoms with Crippen LogP contribution in [0.4, 0.5) is 11.4 Å². The molecule has 2 N–H and O–H groups in total. The molecule has 0 aromatic heterocycles. The van der Waals surface area contributed by atoms with Crippen LogP contribution in [0.1, 0.15) is 12.0 Å². The fourth-order valence-corrected chi connectivity index (χ4v) is 4.26. The number of rotatable bonds is 9. The Morgan fingerprint density at radius 2 is 1.72 bits per heavy atom. The first kappa shape index (κ1) is 25.5. The van der Waals surface area contributed by atoms with Crippen molar-refractivity contribution in [1.82, 2.24) is 5.32 Å². The Labute approximate surface area is 219 Å². The number of hydrogen-bond donors (Lipinski definition) is 2. The zero-order valence-electron chi connectivity index (χ0n) is 19.4. The van der Waals surface area contributed by atoms with Crippen LogP contribution in [0.2, 0.25) is 10.0 Å². The zero-order valence-corrected chi connectivity index (χ0v) is 20.9. The Kier molecular flexibility index (Phi) is 8.46. The first-order valence-corrected chi connectivity index (χ1v) is 12.2. The van der Waals surface area contributed by atoms with E-state index in [0.717, 1.165) is 12.0 Å². The second-order valence-electron chi connectivity index (χ2n) is 8.36. The third-order valence-electron chi connectivity index (χ3n) is 5.80. The third-order valence-corrected chi connectivity index (χ3v) is 6.61. The summed E-state index contributed by atoms with van der Waals surface area (Å²) < 4.78 is 5.54. The van der Waals surface area contributed by atoms with Crippen LogP contribution in [-0.2, 0) is 20.8 Å². The summed E-state index contributed by atoms with van der Waals surface area (Å²) in [5.74, 6) is -0.546. The summed E-state index contributed by atoms with van der Waals surface area (Å²) in [6.07, 6.45) is 0.907. The summed E-state index contributed by atoms with van der Waals surface area (Å²) in [5.41, 5.74) is 2.22. The van der Waals surface area contributed by atoms with E-state index in [-0.39, 0.29) is 35.8 Å². The number of carbonyl (C=O) groups is 3. The molecule has 0 spiro atoms. The summed E-state index contributed by atoms with van der Waals surface area (Å²) in [7, 11) is 0. The van der Waals surface area contributed by atoms with E-state index < -0.39 is 5.92 Å². The molecule has 3 aromatic rings. The second kappa shape index (κ2) is 11.9. The highest BCUT2D eigenvalue weighted by Gasteiger charge is 2.35. The van der Waals surface area contributed by atoms with Crippen molar-refractivity contribution in [3.05, 3.63) is 88.4 Å². The van der Waals surface area contributed by atoms with Gasteiger partial charge in [0, 0.05) is 25.2 Å². The molecule has 3 amide bonds. The minimum atomic E-state index is -0.397. The molecular formula is C27H25Cl2N3O4. The number of benzene rings is 3. The fraction of sp³-hybridized carbons (Fsp3) is 0.222. The van der Waals surface area contributed by atoms with Gasteiger partial charge in [0.05, 0.1) is 21.7 Å². The molecule has 0 radical (unpaired) electrons. The average Bonchev–Trinajstić information content (AvgIpc) is 3.28. The smallest absolute Gasteiger partial charge is 0.262 e. The zero-order chi connectivity index (χ0) is 25.5. The molecule has 1 heterocycles. The lowest BCUT2D eigenvalue weighted by atomic mass is 10.1. The maximum atomic E-state index is 12.6. The molecule has 1 aliphatic rings. The molecule has 0 aliphatic carbocycles. The molecule has 7 nitrogen and oxygen atoms in total. The highest BCUT2D eigenvalue weighted by molar-refractivity contribution is 6.44. The highest BCUT2D eigenvalue weighted by Crippen LogP contribution is 2.30. The quantitative estimate of drug-likeness (QED) is 0.423. The van der Waals surface area contributed by atoms with Crippen LogP contribution in [-0.4, -0.2) is 37.4 Å². The minimum absolute atomic E-state index is 0.107. The van der Waals surface area contributed by atoms with Gasteiger partial charge in [-0.1, -0.05) is 59.6 Å². The normalized spacial score (nSPS) is 15.0. The molecule has 36 heavy (non-hydrogen) atoms. The van der Waals surface area contributed by atoms with Crippen LogP contribution in [0.5, 0.6) is 5.75 Å². The van der Waals surface area contributed by atoms with Crippen LogP contribution in [0.25, 0.3) is 0 Å². The summed E-state index contributed by atoms with van der Waals surface area (Å²) in [5, 5.41) is 6.19. The summed E-state index contributed by atoms with van der Waals surface area (Å²) in [4.78, 5) is 38.9. The van der Waals surface area contributed by atoms with E-state index in [1.165, 1.54) is 0 Å². The summed E-state index contributed by atoms with van der Waals surface area (Å²) >= 11 is 12.0. The van der Waals surface area contributed by atoms with Crippen molar-refractivity contribution in [2.24, 2.45) is 5.92 Å². The maximum absolute atomic E-state index is 12.6. The molecule has 1 saturated heterocycles. The van der Waals surface area contributed by atoms with Gasteiger partial charge in [0.2, 0.25) is 11.8 Å². The van der Waals surface area contributed by atoms with E-state index >= 15 is 0 Å². The number of halogens is 2. The van der Waals surface area contributed by atoms with Crippen molar-refractivity contribution in [3.8, 4) is 5.75 Å². The van der Waals surface area contributed by atoms with Gasteiger partial charge in [-0.15, -0.1) is 0 Å². The molecule has 0 saturated carbocycles. The maximum Gasteiger partial charge on any atom is 0.262 e. The number of anilines is 2. The molecule has 186 valence electrons. The monoisotopic (exact) mass is 525 g/mol. The van der Waals surface area contributed by atoms with Crippen LogP contribution >= 0.6 is 23.2 Å². The van der Waals surface area contributed by atoms with E-state index in [9.17, 15) is 14.4 Å². The number of carbonyl (C=O) groups excluding carboxylic acids is 3. The van der Waals surface area contributed by atoms with Gasteiger partial charge in [0.1, 0.15) is 5.75 Å². The predicted molar refractivity (Wildman–Crippen MR) is 141 cm³/mol. The first-order chi connectivity index (χ1) is 17.4. The van der Waals surface area contributed by atoms with Gasteiger partial charge in [-0.25, -0.2) is 0 Å². The molecule has 1 atom stereocenters. The van der Waals surface area contributed by atoms with Crippen molar-refractivity contribution in [1.29, 1.82) is 0 Å². The van der Waals surface area contributed by atoms with E-state index in [0.29, 0.717) is 35.2 Å². The van der Waals surface area contributed by atoms with Crippen molar-refractivity contribution in [3.63, 3.8) is 0 Å². The largest absolute Gasteiger partial charge is 0.484 e. The molecular weight excluding hydrogens is 501 g/mol. The van der Waals surface area contributed by atoms with Gasteiger partial charge in [0.15, 0.2) is 6.61 Å². The SMILES string of the molecule is O=C(COc1ccc(N2C[C@H](C(=O)NCCc3ccccc3)CC2=O)cc1)Nc1cccc(Cl)c1Cl. The predicted octanol–water partition coefficient (Wildman–Crippen LogP) is 4.72. The number of amides is 3. The van der Waals surface area contributed by atoms with Crippen molar-refractivity contribution in [2.75, 3.05) is 29.9 Å². The minimum Gasteiger partial charge on any atom is -0.484 e.